The van der Waals surface area contributed by atoms with Crippen LogP contribution in [0.15, 0.2) is 22.8 Å². The van der Waals surface area contributed by atoms with Crippen LogP contribution in [0.25, 0.3) is 0 Å². The number of amides is 1. The molecule has 1 aliphatic rings. The van der Waals surface area contributed by atoms with Crippen LogP contribution in [0.1, 0.15) is 42.5 Å². The van der Waals surface area contributed by atoms with Crippen molar-refractivity contribution >= 4 is 5.91 Å². The third-order valence-electron chi connectivity index (χ3n) is 4.85. The first-order valence-electron chi connectivity index (χ1n) is 8.61. The van der Waals surface area contributed by atoms with Gasteiger partial charge >= 0.3 is 0 Å². The molecule has 0 saturated carbocycles. The lowest BCUT2D eigenvalue weighted by Crippen LogP contribution is -2.39. The minimum Gasteiger partial charge on any atom is -0.480 e. The Balaban J connectivity index is 1.59. The van der Waals surface area contributed by atoms with Crippen LogP contribution in [0.3, 0.4) is 0 Å². The summed E-state index contributed by atoms with van der Waals surface area (Å²) in [5, 5.41) is 14.6. The van der Waals surface area contributed by atoms with Gasteiger partial charge in [0.1, 0.15) is 17.6 Å². The summed E-state index contributed by atoms with van der Waals surface area (Å²) in [5.74, 6) is 1.15. The predicted molar refractivity (Wildman–Crippen MR) is 91.2 cm³/mol. The Morgan fingerprint density at radius 3 is 2.96 bits per heavy atom. The zero-order chi connectivity index (χ0) is 18.0. The fraction of sp³-hybridized carbons (Fsp3) is 0.556. The number of carbonyl (C=O) groups is 1. The van der Waals surface area contributed by atoms with Gasteiger partial charge in [-0.1, -0.05) is 0 Å². The van der Waals surface area contributed by atoms with Crippen molar-refractivity contribution < 1.29 is 19.1 Å². The van der Waals surface area contributed by atoms with Gasteiger partial charge < -0.3 is 19.2 Å². The van der Waals surface area contributed by atoms with Gasteiger partial charge in [0.05, 0.1) is 12.0 Å². The molecular formula is C18H25N3O4. The van der Waals surface area contributed by atoms with E-state index < -0.39 is 6.10 Å². The molecule has 2 aromatic heterocycles. The number of likely N-dealkylation sites (tertiary alicyclic amines) is 1. The topological polar surface area (TPSA) is 80.7 Å². The molecule has 0 spiro atoms. The van der Waals surface area contributed by atoms with Gasteiger partial charge in [-0.2, -0.15) is 5.10 Å². The highest BCUT2D eigenvalue weighted by atomic mass is 16.5. The van der Waals surface area contributed by atoms with Crippen LogP contribution >= 0.6 is 0 Å². The molecule has 1 N–H and O–H groups in total. The molecule has 1 aliphatic heterocycles. The van der Waals surface area contributed by atoms with Crippen molar-refractivity contribution in [1.29, 1.82) is 0 Å². The van der Waals surface area contributed by atoms with Crippen molar-refractivity contribution in [2.24, 2.45) is 7.05 Å². The molecule has 2 unspecified atom stereocenters. The quantitative estimate of drug-likeness (QED) is 0.866. The van der Waals surface area contributed by atoms with E-state index in [1.165, 1.54) is 0 Å². The summed E-state index contributed by atoms with van der Waals surface area (Å²) in [7, 11) is 1.85. The molecule has 25 heavy (non-hydrogen) atoms. The molecule has 1 fully saturated rings. The second-order valence-corrected chi connectivity index (χ2v) is 6.56. The number of carbonyl (C=O) groups excluding carboxylic acids is 1. The van der Waals surface area contributed by atoms with E-state index in [0.29, 0.717) is 24.5 Å². The van der Waals surface area contributed by atoms with E-state index in [9.17, 15) is 9.90 Å². The molecule has 0 bridgehead atoms. The first kappa shape index (κ1) is 17.5. The summed E-state index contributed by atoms with van der Waals surface area (Å²) in [5.41, 5.74) is 1.68. The highest BCUT2D eigenvalue weighted by Crippen LogP contribution is 2.28. The van der Waals surface area contributed by atoms with Gasteiger partial charge in [-0.25, -0.2) is 0 Å². The van der Waals surface area contributed by atoms with Crippen molar-refractivity contribution in [2.75, 3.05) is 13.2 Å². The predicted octanol–water partition coefficient (Wildman–Crippen LogP) is 2.12. The molecule has 0 aliphatic carbocycles. The van der Waals surface area contributed by atoms with Gasteiger partial charge in [0.25, 0.3) is 5.91 Å². The number of aromatic nitrogens is 2. The molecule has 2 aromatic rings. The smallest absolute Gasteiger partial charge is 0.260 e. The second kappa shape index (κ2) is 7.31. The number of aliphatic hydroxyl groups excluding tert-OH is 1. The summed E-state index contributed by atoms with van der Waals surface area (Å²) < 4.78 is 12.7. The van der Waals surface area contributed by atoms with Gasteiger partial charge in [0, 0.05) is 26.1 Å². The number of aryl methyl sites for hydroxylation is 2. The maximum Gasteiger partial charge on any atom is 0.260 e. The van der Waals surface area contributed by atoms with Crippen LogP contribution in [0.2, 0.25) is 0 Å². The van der Waals surface area contributed by atoms with Crippen molar-refractivity contribution in [3.05, 3.63) is 35.5 Å². The van der Waals surface area contributed by atoms with Gasteiger partial charge in [-0.15, -0.1) is 0 Å². The molecular weight excluding hydrogens is 322 g/mol. The number of aliphatic hydroxyl groups is 1. The summed E-state index contributed by atoms with van der Waals surface area (Å²) in [6, 6.07) is 3.51. The monoisotopic (exact) mass is 347 g/mol. The number of rotatable bonds is 6. The maximum absolute atomic E-state index is 12.6. The molecule has 7 heteroatoms. The van der Waals surface area contributed by atoms with Crippen LogP contribution in [0.4, 0.5) is 0 Å². The molecule has 1 saturated heterocycles. The lowest BCUT2D eigenvalue weighted by Gasteiger charge is -2.26. The van der Waals surface area contributed by atoms with Gasteiger partial charge in [-0.3, -0.25) is 9.48 Å². The Kier molecular flexibility index (Phi) is 5.13. The van der Waals surface area contributed by atoms with Gasteiger partial charge in [0.15, 0.2) is 12.4 Å². The lowest BCUT2D eigenvalue weighted by molar-refractivity contribution is -0.134. The number of hydrogen-bond acceptors (Lipinski definition) is 5. The Morgan fingerprint density at radius 2 is 2.32 bits per heavy atom. The maximum atomic E-state index is 12.6. The molecule has 3 heterocycles. The molecule has 0 radical (unpaired) electrons. The highest BCUT2D eigenvalue weighted by molar-refractivity contribution is 5.78. The molecule has 7 nitrogen and oxygen atoms in total. The molecule has 3 rings (SSSR count). The van der Waals surface area contributed by atoms with E-state index in [0.717, 1.165) is 24.2 Å². The average molecular weight is 347 g/mol. The first-order chi connectivity index (χ1) is 12.0. The second-order valence-electron chi connectivity index (χ2n) is 6.56. The molecule has 0 aromatic carbocycles. The highest BCUT2D eigenvalue weighted by Gasteiger charge is 2.31. The Labute approximate surface area is 147 Å². The van der Waals surface area contributed by atoms with E-state index in [4.69, 9.17) is 9.15 Å². The van der Waals surface area contributed by atoms with Crippen LogP contribution in [-0.2, 0) is 11.8 Å². The summed E-state index contributed by atoms with van der Waals surface area (Å²) >= 11 is 0. The number of hydrogen-bond donors (Lipinski definition) is 1. The molecule has 1 amide bonds. The number of nitrogens with zero attached hydrogens (tertiary/aromatic N) is 3. The van der Waals surface area contributed by atoms with E-state index in [-0.39, 0.29) is 18.6 Å². The summed E-state index contributed by atoms with van der Waals surface area (Å²) in [6.45, 7) is 4.47. The lowest BCUT2D eigenvalue weighted by atomic mass is 10.1. The minimum absolute atomic E-state index is 0.00675. The van der Waals surface area contributed by atoms with Crippen LogP contribution in [-0.4, -0.2) is 44.9 Å². The van der Waals surface area contributed by atoms with Gasteiger partial charge in [0.2, 0.25) is 0 Å². The largest absolute Gasteiger partial charge is 0.480 e. The van der Waals surface area contributed by atoms with E-state index in [1.54, 1.807) is 23.1 Å². The number of furan rings is 1. The zero-order valence-corrected chi connectivity index (χ0v) is 14.9. The normalized spacial score (nSPS) is 18.6. The molecule has 2 atom stereocenters. The Morgan fingerprint density at radius 1 is 1.52 bits per heavy atom. The van der Waals surface area contributed by atoms with Crippen LogP contribution in [0, 0.1) is 13.8 Å². The van der Waals surface area contributed by atoms with Crippen molar-refractivity contribution in [3.63, 3.8) is 0 Å². The SMILES string of the molecule is Cc1nn(C)c(C)c1OCC(=O)N1CCCC1CC(O)c1ccco1. The summed E-state index contributed by atoms with van der Waals surface area (Å²) in [4.78, 5) is 14.4. The average Bonchev–Trinajstić information content (AvgIpc) is 3.29. The van der Waals surface area contributed by atoms with Crippen molar-refractivity contribution in [3.8, 4) is 5.75 Å². The van der Waals surface area contributed by atoms with Crippen molar-refractivity contribution in [2.45, 2.75) is 45.3 Å². The van der Waals surface area contributed by atoms with E-state index in [1.807, 2.05) is 25.8 Å². The number of ether oxygens (including phenoxy) is 1. The fourth-order valence-electron chi connectivity index (χ4n) is 3.44. The van der Waals surface area contributed by atoms with Crippen molar-refractivity contribution in [1.82, 2.24) is 14.7 Å². The fourth-order valence-corrected chi connectivity index (χ4v) is 3.44. The third-order valence-corrected chi connectivity index (χ3v) is 4.85. The minimum atomic E-state index is -0.697. The summed E-state index contributed by atoms with van der Waals surface area (Å²) in [6.07, 6.45) is 3.14. The molecule has 136 valence electrons. The van der Waals surface area contributed by atoms with Crippen LogP contribution < -0.4 is 4.74 Å². The Bertz CT molecular complexity index is 723. The van der Waals surface area contributed by atoms with E-state index in [2.05, 4.69) is 5.10 Å². The standard InChI is InChI=1S/C18H25N3O4/c1-12-18(13(2)20(3)19-12)25-11-17(23)21-8-4-6-14(21)10-15(22)16-7-5-9-24-16/h5,7,9,14-15,22H,4,6,8,10-11H2,1-3H3. The van der Waals surface area contributed by atoms with E-state index >= 15 is 0 Å². The van der Waals surface area contributed by atoms with Crippen LogP contribution in [0.5, 0.6) is 5.75 Å². The zero-order valence-electron chi connectivity index (χ0n) is 14.9. The third kappa shape index (κ3) is 3.71. The first-order valence-corrected chi connectivity index (χ1v) is 8.61. The Hall–Kier alpha value is -2.28. The van der Waals surface area contributed by atoms with Gasteiger partial charge in [-0.05, 0) is 38.8 Å².